The molecule has 0 aliphatic heterocycles. The van der Waals surface area contributed by atoms with Crippen LogP contribution in [0.5, 0.6) is 0 Å². The van der Waals surface area contributed by atoms with Crippen molar-refractivity contribution in [2.45, 2.75) is 392 Å². The zero-order valence-electron chi connectivity index (χ0n) is 49.6. The van der Waals surface area contributed by atoms with E-state index in [9.17, 15) is 19.8 Å². The zero-order valence-corrected chi connectivity index (χ0v) is 49.6. The van der Waals surface area contributed by atoms with Gasteiger partial charge in [-0.2, -0.15) is 0 Å². The van der Waals surface area contributed by atoms with Crippen LogP contribution in [0.1, 0.15) is 380 Å². The van der Waals surface area contributed by atoms with Gasteiger partial charge in [0.05, 0.1) is 25.4 Å². The van der Waals surface area contributed by atoms with Gasteiger partial charge in [0.15, 0.2) is 0 Å². The predicted molar refractivity (Wildman–Crippen MR) is 320 cm³/mol. The van der Waals surface area contributed by atoms with Gasteiger partial charge >= 0.3 is 5.97 Å². The van der Waals surface area contributed by atoms with E-state index in [1.165, 1.54) is 302 Å². The number of amides is 1. The average Bonchev–Trinajstić information content (AvgIpc) is 3.39. The number of carbonyl (C=O) groups is 2. The number of hydrogen-bond donors (Lipinski definition) is 3. The molecule has 0 saturated heterocycles. The average molecular weight is 1030 g/mol. The normalized spacial score (nSPS) is 12.5. The Kier molecular flexibility index (Phi) is 61.9. The van der Waals surface area contributed by atoms with Gasteiger partial charge in [-0.25, -0.2) is 0 Å². The Morgan fingerprint density at radius 1 is 0.370 bits per heavy atom. The molecule has 0 aromatic heterocycles. The summed E-state index contributed by atoms with van der Waals surface area (Å²) in [5.74, 6) is -0.0173. The Labute approximate surface area is 457 Å². The molecule has 6 nitrogen and oxygen atoms in total. The van der Waals surface area contributed by atoms with E-state index in [-0.39, 0.29) is 18.5 Å². The van der Waals surface area contributed by atoms with Crippen molar-refractivity contribution >= 4 is 11.9 Å². The van der Waals surface area contributed by atoms with Crippen molar-refractivity contribution < 1.29 is 24.5 Å². The molecule has 0 rings (SSSR count). The van der Waals surface area contributed by atoms with Crippen LogP contribution < -0.4 is 5.32 Å². The number of esters is 1. The minimum atomic E-state index is -0.659. The quantitative estimate of drug-likeness (QED) is 0.0320. The van der Waals surface area contributed by atoms with Gasteiger partial charge in [-0.3, -0.25) is 9.59 Å². The van der Waals surface area contributed by atoms with Crippen molar-refractivity contribution in [2.75, 3.05) is 13.2 Å². The first-order valence-electron chi connectivity index (χ1n) is 33.4. The van der Waals surface area contributed by atoms with E-state index >= 15 is 0 Å². The van der Waals surface area contributed by atoms with Crippen molar-refractivity contribution in [1.82, 2.24) is 5.32 Å². The van der Waals surface area contributed by atoms with E-state index < -0.39 is 12.1 Å². The summed E-state index contributed by atoms with van der Waals surface area (Å²) in [7, 11) is 0. The minimum Gasteiger partial charge on any atom is -0.466 e. The number of carbonyl (C=O) groups excluding carboxylic acids is 2. The minimum absolute atomic E-state index is 0.0128. The third-order valence-electron chi connectivity index (χ3n) is 15.8. The molecule has 73 heavy (non-hydrogen) atoms. The van der Waals surface area contributed by atoms with Crippen LogP contribution in [0.4, 0.5) is 0 Å². The number of unbranched alkanes of at least 4 members (excludes halogenated alkanes) is 50. The highest BCUT2D eigenvalue weighted by molar-refractivity contribution is 5.76. The molecule has 0 aliphatic carbocycles. The SMILES string of the molecule is CCCCCCCC/C=C\CCCCCCCC(=O)OCCCCCCCCCCCCCCCCCCCCCCCCCCCCCCCCC(=O)NC(CO)C(O)CCCCCCCCCCCCC. The summed E-state index contributed by atoms with van der Waals surface area (Å²) in [6.45, 7) is 4.96. The Bertz CT molecular complexity index is 1100. The molecule has 0 bridgehead atoms. The topological polar surface area (TPSA) is 95.9 Å². The van der Waals surface area contributed by atoms with E-state index in [4.69, 9.17) is 4.74 Å². The van der Waals surface area contributed by atoms with Gasteiger partial charge in [0, 0.05) is 12.8 Å². The number of allylic oxidation sites excluding steroid dienone is 2. The van der Waals surface area contributed by atoms with Crippen LogP contribution in [0.15, 0.2) is 12.2 Å². The lowest BCUT2D eigenvalue weighted by Gasteiger charge is -2.22. The van der Waals surface area contributed by atoms with Gasteiger partial charge in [0.1, 0.15) is 0 Å². The molecule has 6 heteroatoms. The van der Waals surface area contributed by atoms with E-state index in [1.807, 2.05) is 0 Å². The molecule has 434 valence electrons. The maximum absolute atomic E-state index is 12.5. The molecular formula is C67H131NO5. The maximum Gasteiger partial charge on any atom is 0.305 e. The van der Waals surface area contributed by atoms with Gasteiger partial charge < -0.3 is 20.3 Å². The number of aliphatic hydroxyl groups is 2. The molecule has 0 heterocycles. The number of nitrogens with one attached hydrogen (secondary N) is 1. The van der Waals surface area contributed by atoms with Crippen LogP contribution >= 0.6 is 0 Å². The lowest BCUT2D eigenvalue weighted by molar-refractivity contribution is -0.143. The summed E-state index contributed by atoms with van der Waals surface area (Å²) in [6, 6.07) is -0.536. The van der Waals surface area contributed by atoms with E-state index in [1.54, 1.807) is 0 Å². The molecule has 0 saturated carbocycles. The van der Waals surface area contributed by atoms with Crippen LogP contribution in [0, 0.1) is 0 Å². The van der Waals surface area contributed by atoms with Crippen molar-refractivity contribution in [3.8, 4) is 0 Å². The zero-order chi connectivity index (χ0) is 52.9. The summed E-state index contributed by atoms with van der Waals surface area (Å²) in [4.78, 5) is 24.5. The molecule has 0 fully saturated rings. The second-order valence-corrected chi connectivity index (χ2v) is 23.2. The molecule has 2 atom stereocenters. The lowest BCUT2D eigenvalue weighted by atomic mass is 10.0. The van der Waals surface area contributed by atoms with Crippen LogP contribution in [0.3, 0.4) is 0 Å². The number of aliphatic hydroxyl groups excluding tert-OH is 2. The summed E-state index contributed by atoms with van der Waals surface area (Å²) < 4.78 is 5.49. The van der Waals surface area contributed by atoms with Gasteiger partial charge in [-0.05, 0) is 51.4 Å². The molecule has 3 N–H and O–H groups in total. The molecule has 0 aromatic rings. The first-order valence-corrected chi connectivity index (χ1v) is 33.4. The van der Waals surface area contributed by atoms with E-state index in [0.29, 0.717) is 25.9 Å². The first-order chi connectivity index (χ1) is 36.0. The first kappa shape index (κ1) is 71.6. The summed E-state index contributed by atoms with van der Waals surface area (Å²) in [6.07, 6.45) is 76.9. The molecule has 0 aliphatic rings. The second-order valence-electron chi connectivity index (χ2n) is 23.2. The van der Waals surface area contributed by atoms with Crippen molar-refractivity contribution in [1.29, 1.82) is 0 Å². The fourth-order valence-corrected chi connectivity index (χ4v) is 10.7. The molecule has 0 aromatic carbocycles. The summed E-state index contributed by atoms with van der Waals surface area (Å²) in [5.41, 5.74) is 0. The largest absolute Gasteiger partial charge is 0.466 e. The molecule has 0 spiro atoms. The third-order valence-corrected chi connectivity index (χ3v) is 15.8. The monoisotopic (exact) mass is 1030 g/mol. The second kappa shape index (κ2) is 63.1. The summed E-state index contributed by atoms with van der Waals surface area (Å²) >= 11 is 0. The predicted octanol–water partition coefficient (Wildman–Crippen LogP) is 21.2. The van der Waals surface area contributed by atoms with Crippen LogP contribution in [-0.2, 0) is 14.3 Å². The van der Waals surface area contributed by atoms with Gasteiger partial charge in [-0.15, -0.1) is 0 Å². The lowest BCUT2D eigenvalue weighted by Crippen LogP contribution is -2.45. The Morgan fingerprint density at radius 2 is 0.644 bits per heavy atom. The standard InChI is InChI=1S/C67H131NO5/c1-3-5-7-9-11-13-15-16-33-37-41-45-49-53-57-61-67(72)73-62-58-54-50-46-42-38-35-32-30-28-26-24-22-20-18-17-19-21-23-25-27-29-31-34-36-40-44-48-52-56-60-66(71)68-64(63-69)65(70)59-55-51-47-43-39-14-12-10-8-6-4-2/h16,33,64-65,69-70H,3-15,17-32,34-63H2,1-2H3,(H,68,71)/b33-16-. The highest BCUT2D eigenvalue weighted by Crippen LogP contribution is 2.19. The number of rotatable bonds is 63. The Balaban J connectivity index is 3.30. The van der Waals surface area contributed by atoms with Crippen molar-refractivity contribution in [3.05, 3.63) is 12.2 Å². The van der Waals surface area contributed by atoms with Gasteiger partial charge in [-0.1, -0.05) is 328 Å². The van der Waals surface area contributed by atoms with Crippen LogP contribution in [0.2, 0.25) is 0 Å². The van der Waals surface area contributed by atoms with Crippen LogP contribution in [-0.4, -0.2) is 47.4 Å². The molecule has 2 unspecified atom stereocenters. The third kappa shape index (κ3) is 59.7. The highest BCUT2D eigenvalue weighted by Gasteiger charge is 2.20. The maximum atomic E-state index is 12.5. The van der Waals surface area contributed by atoms with Gasteiger partial charge in [0.25, 0.3) is 0 Å². The summed E-state index contributed by atoms with van der Waals surface area (Å²) in [5, 5.41) is 23.2. The van der Waals surface area contributed by atoms with Gasteiger partial charge in [0.2, 0.25) is 5.91 Å². The molecular weight excluding hydrogens is 899 g/mol. The number of ether oxygens (including phenoxy) is 1. The van der Waals surface area contributed by atoms with E-state index in [2.05, 4.69) is 31.3 Å². The smallest absolute Gasteiger partial charge is 0.305 e. The Morgan fingerprint density at radius 3 is 0.973 bits per heavy atom. The van der Waals surface area contributed by atoms with E-state index in [0.717, 1.165) is 44.9 Å². The van der Waals surface area contributed by atoms with Crippen LogP contribution in [0.25, 0.3) is 0 Å². The Hall–Kier alpha value is -1.40. The number of hydrogen-bond acceptors (Lipinski definition) is 5. The fourth-order valence-electron chi connectivity index (χ4n) is 10.7. The molecule has 0 radical (unpaired) electrons. The van der Waals surface area contributed by atoms with Crippen molar-refractivity contribution in [3.63, 3.8) is 0 Å². The fraction of sp³-hybridized carbons (Fsp3) is 0.940. The molecule has 1 amide bonds. The highest BCUT2D eigenvalue weighted by atomic mass is 16.5. The van der Waals surface area contributed by atoms with Crippen molar-refractivity contribution in [2.24, 2.45) is 0 Å².